The topological polar surface area (TPSA) is 74.1 Å². The Balaban J connectivity index is 2.18. The maximum atomic E-state index is 11.8. The van der Waals surface area contributed by atoms with E-state index in [1.54, 1.807) is 19.3 Å². The van der Waals surface area contributed by atoms with Crippen molar-refractivity contribution in [1.29, 1.82) is 0 Å². The molecule has 2 aromatic heterocycles. The molecule has 3 aromatic rings. The van der Waals surface area contributed by atoms with Crippen molar-refractivity contribution < 1.29 is 4.52 Å². The number of nitrogens with two attached hydrogens (primary N) is 1. The molecule has 0 amide bonds. The van der Waals surface area contributed by atoms with Crippen molar-refractivity contribution >= 4 is 21.8 Å². The second-order valence-electron chi connectivity index (χ2n) is 4.64. The lowest BCUT2D eigenvalue weighted by molar-refractivity contribution is 0.439. The summed E-state index contributed by atoms with van der Waals surface area (Å²) in [4.78, 5) is 11.8. The molecule has 0 unspecified atom stereocenters. The van der Waals surface area contributed by atoms with Crippen molar-refractivity contribution in [3.8, 4) is 22.4 Å². The molecule has 0 saturated heterocycles. The fraction of sp³-hybridized carbons (Fsp3) is 0.0667. The molecular weight excluding hydrogens is 334 g/mol. The molecule has 0 bridgehead atoms. The lowest BCUT2D eigenvalue weighted by atomic mass is 10.0. The number of anilines is 1. The van der Waals surface area contributed by atoms with Crippen LogP contribution in [0.3, 0.4) is 0 Å². The highest BCUT2D eigenvalue weighted by Crippen LogP contribution is 2.36. The highest BCUT2D eigenvalue weighted by atomic mass is 79.9. The molecule has 6 heteroatoms. The van der Waals surface area contributed by atoms with Crippen LogP contribution in [0.2, 0.25) is 0 Å². The number of hydrogen-bond donors (Lipinski definition) is 1. The van der Waals surface area contributed by atoms with Gasteiger partial charge in [0.25, 0.3) is 5.56 Å². The van der Waals surface area contributed by atoms with Gasteiger partial charge in [-0.2, -0.15) is 0 Å². The Morgan fingerprint density at radius 3 is 2.57 bits per heavy atom. The van der Waals surface area contributed by atoms with E-state index >= 15 is 0 Å². The number of aromatic nitrogens is 2. The molecule has 0 radical (unpaired) electrons. The SMILES string of the molecule is Cn1ccc(-c2noc(N)c2-c2ccc(Br)cc2)cc1=O. The van der Waals surface area contributed by atoms with Crippen molar-refractivity contribution in [2.24, 2.45) is 7.05 Å². The maximum Gasteiger partial charge on any atom is 0.250 e. The van der Waals surface area contributed by atoms with Gasteiger partial charge >= 0.3 is 0 Å². The van der Waals surface area contributed by atoms with Gasteiger partial charge in [0.1, 0.15) is 5.69 Å². The van der Waals surface area contributed by atoms with Crippen molar-refractivity contribution in [3.05, 3.63) is 57.4 Å². The second kappa shape index (κ2) is 5.21. The summed E-state index contributed by atoms with van der Waals surface area (Å²) in [6.45, 7) is 0. The van der Waals surface area contributed by atoms with Crippen LogP contribution in [-0.4, -0.2) is 9.72 Å². The number of nitrogens with zero attached hydrogens (tertiary/aromatic N) is 2. The monoisotopic (exact) mass is 345 g/mol. The molecule has 0 spiro atoms. The zero-order chi connectivity index (χ0) is 15.0. The largest absolute Gasteiger partial charge is 0.367 e. The number of nitrogen functional groups attached to an aromatic ring is 1. The van der Waals surface area contributed by atoms with Gasteiger partial charge in [0.05, 0.1) is 5.56 Å². The van der Waals surface area contributed by atoms with Gasteiger partial charge in [-0.15, -0.1) is 0 Å². The van der Waals surface area contributed by atoms with E-state index in [1.807, 2.05) is 24.3 Å². The molecule has 3 rings (SSSR count). The lowest BCUT2D eigenvalue weighted by Crippen LogP contribution is -2.14. The minimum absolute atomic E-state index is 0.115. The fourth-order valence-corrected chi connectivity index (χ4v) is 2.36. The van der Waals surface area contributed by atoms with E-state index < -0.39 is 0 Å². The summed E-state index contributed by atoms with van der Waals surface area (Å²) in [5.41, 5.74) is 8.59. The van der Waals surface area contributed by atoms with Crippen molar-refractivity contribution in [3.63, 3.8) is 0 Å². The summed E-state index contributed by atoms with van der Waals surface area (Å²) in [5.74, 6) is 0.230. The predicted octanol–water partition coefficient (Wildman–Crippen LogP) is 3.05. The van der Waals surface area contributed by atoms with Crippen LogP contribution in [-0.2, 0) is 7.05 Å². The Bertz CT molecular complexity index is 850. The Kier molecular flexibility index (Phi) is 3.39. The summed E-state index contributed by atoms with van der Waals surface area (Å²) in [6.07, 6.45) is 1.69. The first-order valence-corrected chi connectivity index (χ1v) is 7.03. The van der Waals surface area contributed by atoms with E-state index in [9.17, 15) is 4.79 Å². The molecule has 106 valence electrons. The van der Waals surface area contributed by atoms with Gasteiger partial charge in [-0.05, 0) is 23.8 Å². The third-order valence-electron chi connectivity index (χ3n) is 3.23. The summed E-state index contributed by atoms with van der Waals surface area (Å²) < 4.78 is 7.57. The van der Waals surface area contributed by atoms with Gasteiger partial charge in [0, 0.05) is 29.3 Å². The van der Waals surface area contributed by atoms with Crippen LogP contribution in [0.1, 0.15) is 0 Å². The first kappa shape index (κ1) is 13.6. The Hall–Kier alpha value is -2.34. The maximum absolute atomic E-state index is 11.8. The average molecular weight is 346 g/mol. The number of rotatable bonds is 2. The third kappa shape index (κ3) is 2.50. The molecule has 0 fully saturated rings. The minimum atomic E-state index is -0.115. The number of benzene rings is 1. The lowest BCUT2D eigenvalue weighted by Gasteiger charge is -2.04. The van der Waals surface area contributed by atoms with E-state index in [2.05, 4.69) is 21.1 Å². The molecule has 2 heterocycles. The quantitative estimate of drug-likeness (QED) is 0.774. The molecule has 21 heavy (non-hydrogen) atoms. The van der Waals surface area contributed by atoms with E-state index in [0.717, 1.165) is 10.0 Å². The van der Waals surface area contributed by atoms with E-state index in [1.165, 1.54) is 10.6 Å². The minimum Gasteiger partial charge on any atom is -0.367 e. The van der Waals surface area contributed by atoms with Crippen LogP contribution >= 0.6 is 15.9 Å². The Morgan fingerprint density at radius 1 is 1.19 bits per heavy atom. The van der Waals surface area contributed by atoms with E-state index in [-0.39, 0.29) is 11.4 Å². The van der Waals surface area contributed by atoms with Crippen LogP contribution in [0.15, 0.2) is 56.4 Å². The molecular formula is C15H12BrN3O2. The molecule has 0 atom stereocenters. The molecule has 1 aromatic carbocycles. The standard InChI is InChI=1S/C15H12BrN3O2/c1-19-7-6-10(8-12(19)20)14-13(15(17)21-18-14)9-2-4-11(16)5-3-9/h2-8H,17H2,1H3. The average Bonchev–Trinajstić information content (AvgIpc) is 2.85. The van der Waals surface area contributed by atoms with Crippen molar-refractivity contribution in [1.82, 2.24) is 9.72 Å². The zero-order valence-corrected chi connectivity index (χ0v) is 12.8. The normalized spacial score (nSPS) is 10.8. The van der Waals surface area contributed by atoms with Gasteiger partial charge in [-0.3, -0.25) is 4.79 Å². The van der Waals surface area contributed by atoms with Crippen LogP contribution < -0.4 is 11.3 Å². The molecule has 0 aliphatic carbocycles. The Labute approximate surface area is 129 Å². The number of pyridine rings is 1. The number of aryl methyl sites for hydroxylation is 1. The van der Waals surface area contributed by atoms with Crippen LogP contribution in [0.25, 0.3) is 22.4 Å². The molecule has 0 saturated carbocycles. The predicted molar refractivity (Wildman–Crippen MR) is 84.7 cm³/mol. The summed E-state index contributed by atoms with van der Waals surface area (Å²) in [7, 11) is 1.69. The van der Waals surface area contributed by atoms with Crippen molar-refractivity contribution in [2.45, 2.75) is 0 Å². The highest BCUT2D eigenvalue weighted by Gasteiger charge is 2.17. The third-order valence-corrected chi connectivity index (χ3v) is 3.76. The molecule has 5 nitrogen and oxygen atoms in total. The molecule has 2 N–H and O–H groups in total. The van der Waals surface area contributed by atoms with Crippen LogP contribution in [0.4, 0.5) is 5.88 Å². The molecule has 0 aliphatic heterocycles. The fourth-order valence-electron chi connectivity index (χ4n) is 2.09. The first-order chi connectivity index (χ1) is 10.1. The summed E-state index contributed by atoms with van der Waals surface area (Å²) in [6, 6.07) is 11.0. The summed E-state index contributed by atoms with van der Waals surface area (Å²) >= 11 is 3.39. The van der Waals surface area contributed by atoms with Crippen molar-refractivity contribution in [2.75, 3.05) is 5.73 Å². The van der Waals surface area contributed by atoms with Crippen LogP contribution in [0.5, 0.6) is 0 Å². The summed E-state index contributed by atoms with van der Waals surface area (Å²) in [5, 5.41) is 4.00. The number of halogens is 1. The number of hydrogen-bond acceptors (Lipinski definition) is 4. The van der Waals surface area contributed by atoms with Crippen LogP contribution in [0, 0.1) is 0 Å². The first-order valence-electron chi connectivity index (χ1n) is 6.24. The van der Waals surface area contributed by atoms with E-state index in [0.29, 0.717) is 16.8 Å². The van der Waals surface area contributed by atoms with Gasteiger partial charge < -0.3 is 14.8 Å². The van der Waals surface area contributed by atoms with Gasteiger partial charge in [-0.25, -0.2) is 0 Å². The Morgan fingerprint density at radius 2 is 1.90 bits per heavy atom. The van der Waals surface area contributed by atoms with Gasteiger partial charge in [0.2, 0.25) is 5.88 Å². The van der Waals surface area contributed by atoms with E-state index in [4.69, 9.17) is 10.3 Å². The zero-order valence-electron chi connectivity index (χ0n) is 11.2. The second-order valence-corrected chi connectivity index (χ2v) is 5.56. The molecule has 0 aliphatic rings. The smallest absolute Gasteiger partial charge is 0.250 e. The van der Waals surface area contributed by atoms with Gasteiger partial charge in [0.15, 0.2) is 0 Å². The highest BCUT2D eigenvalue weighted by molar-refractivity contribution is 9.10. The van der Waals surface area contributed by atoms with Gasteiger partial charge in [-0.1, -0.05) is 33.2 Å².